The Hall–Kier alpha value is -3.82. The molecule has 6 heteroatoms. The molecule has 4 rings (SSSR count). The fraction of sp³-hybridized carbons (Fsp3) is 0.444. The van der Waals surface area contributed by atoms with Crippen molar-refractivity contribution in [1.82, 2.24) is 5.32 Å². The molecule has 0 atom stereocenters. The first kappa shape index (κ1) is 34.4. The molecule has 0 aromatic heterocycles. The maximum atomic E-state index is 11.1. The van der Waals surface area contributed by atoms with Gasteiger partial charge in [-0.25, -0.2) is 0 Å². The summed E-state index contributed by atoms with van der Waals surface area (Å²) < 4.78 is 0. The minimum absolute atomic E-state index is 0.0515. The van der Waals surface area contributed by atoms with E-state index in [0.29, 0.717) is 29.1 Å². The van der Waals surface area contributed by atoms with Crippen LogP contribution in [0, 0.1) is 30.1 Å². The predicted molar refractivity (Wildman–Crippen MR) is 177 cm³/mol. The monoisotopic (exact) mass is 568 g/mol. The number of rotatable bonds is 9. The van der Waals surface area contributed by atoms with Crippen molar-refractivity contribution < 1.29 is 9.59 Å². The van der Waals surface area contributed by atoms with Gasteiger partial charge in [0.05, 0.1) is 17.9 Å². The van der Waals surface area contributed by atoms with E-state index in [4.69, 9.17) is 5.41 Å². The summed E-state index contributed by atoms with van der Waals surface area (Å²) in [5.41, 5.74) is 7.91. The van der Waals surface area contributed by atoms with Gasteiger partial charge in [-0.05, 0) is 113 Å². The van der Waals surface area contributed by atoms with Crippen LogP contribution in [0.25, 0.3) is 0 Å². The number of carbonyl (C=O) groups excluding carboxylic acids is 2. The lowest BCUT2D eigenvalue weighted by Gasteiger charge is -2.17. The number of nitrogens with one attached hydrogen (secondary N) is 3. The summed E-state index contributed by atoms with van der Waals surface area (Å²) in [7, 11) is 1.87. The maximum Gasteiger partial charge on any atom is 0.221 e. The molecule has 0 heterocycles. The van der Waals surface area contributed by atoms with Crippen LogP contribution in [0.3, 0.4) is 0 Å². The number of amides is 1. The van der Waals surface area contributed by atoms with E-state index in [1.165, 1.54) is 50.7 Å². The average Bonchev–Trinajstić information content (AvgIpc) is 3.89. The number of benzene rings is 2. The van der Waals surface area contributed by atoms with Gasteiger partial charge < -0.3 is 16.0 Å². The molecule has 0 saturated heterocycles. The number of Topliss-reactive ketones (excluding diaryl/α,β-unsaturated/α-hetero) is 1. The van der Waals surface area contributed by atoms with Crippen LogP contribution in [0.5, 0.6) is 0 Å². The van der Waals surface area contributed by atoms with Gasteiger partial charge in [0, 0.05) is 24.4 Å². The standard InChI is InChI=1S/C17H23N.C10H11NO2.C9H14N2/c1-12-4-3-5-15(17(2)10-11-17)14(12)8-9-16(18)13-6-7-13;1-7(12)9-5-3-4-6-10(9)11-8(2)13;1-4-7-11-9(2)6-5-8-10-3/h3-5,13,18H,6-11H2,1-2H3;3-6H,1-2H3,(H,11,13);4,7,10H,8H2,1-3H3/b;;7-4-,11-9?. The van der Waals surface area contributed by atoms with Gasteiger partial charge in [-0.2, -0.15) is 0 Å². The molecule has 224 valence electrons. The number of anilines is 1. The number of hydrogen-bond donors (Lipinski definition) is 3. The molecular weight excluding hydrogens is 520 g/mol. The molecule has 0 unspecified atom stereocenters. The molecule has 2 fully saturated rings. The number of ketones is 1. The Morgan fingerprint density at radius 3 is 2.36 bits per heavy atom. The van der Waals surface area contributed by atoms with Crippen molar-refractivity contribution in [3.8, 4) is 11.8 Å². The van der Waals surface area contributed by atoms with E-state index in [9.17, 15) is 9.59 Å². The second-order valence-electron chi connectivity index (χ2n) is 11.3. The summed E-state index contributed by atoms with van der Waals surface area (Å²) in [6.07, 6.45) is 10.9. The van der Waals surface area contributed by atoms with Crippen LogP contribution in [-0.2, 0) is 16.6 Å². The van der Waals surface area contributed by atoms with Crippen LogP contribution in [0.1, 0.15) is 93.8 Å². The molecule has 2 aliphatic carbocycles. The third-order valence-electron chi connectivity index (χ3n) is 7.34. The van der Waals surface area contributed by atoms with Crippen molar-refractivity contribution in [2.24, 2.45) is 10.9 Å². The molecule has 2 aliphatic rings. The highest BCUT2D eigenvalue weighted by atomic mass is 16.1. The summed E-state index contributed by atoms with van der Waals surface area (Å²) in [4.78, 5) is 25.9. The Bertz CT molecular complexity index is 1350. The van der Waals surface area contributed by atoms with Crippen molar-refractivity contribution in [3.05, 3.63) is 77.0 Å². The van der Waals surface area contributed by atoms with Crippen molar-refractivity contribution in [2.75, 3.05) is 18.9 Å². The molecule has 6 nitrogen and oxygen atoms in total. The Balaban J connectivity index is 0.000000230. The van der Waals surface area contributed by atoms with E-state index in [1.807, 2.05) is 27.0 Å². The molecule has 42 heavy (non-hydrogen) atoms. The molecule has 0 aliphatic heterocycles. The fourth-order valence-electron chi connectivity index (χ4n) is 4.52. The Morgan fingerprint density at radius 1 is 1.10 bits per heavy atom. The van der Waals surface area contributed by atoms with Crippen LogP contribution >= 0.6 is 0 Å². The molecule has 0 bridgehead atoms. The van der Waals surface area contributed by atoms with Crippen molar-refractivity contribution >= 4 is 28.8 Å². The van der Waals surface area contributed by atoms with Crippen molar-refractivity contribution in [1.29, 1.82) is 5.41 Å². The number of aliphatic imine (C=N–C) groups is 1. The molecule has 3 N–H and O–H groups in total. The highest BCUT2D eigenvalue weighted by Crippen LogP contribution is 2.49. The smallest absolute Gasteiger partial charge is 0.221 e. The lowest BCUT2D eigenvalue weighted by Crippen LogP contribution is -2.09. The molecule has 0 spiro atoms. The minimum atomic E-state index is -0.172. The van der Waals surface area contributed by atoms with Crippen LogP contribution in [-0.4, -0.2) is 36.7 Å². The fourth-order valence-corrected chi connectivity index (χ4v) is 4.52. The first-order chi connectivity index (χ1) is 20.0. The second kappa shape index (κ2) is 17.2. The minimum Gasteiger partial charge on any atom is -0.326 e. The summed E-state index contributed by atoms with van der Waals surface area (Å²) in [6, 6.07) is 13.7. The first-order valence-corrected chi connectivity index (χ1v) is 14.8. The second-order valence-corrected chi connectivity index (χ2v) is 11.3. The van der Waals surface area contributed by atoms with Gasteiger partial charge in [0.25, 0.3) is 0 Å². The van der Waals surface area contributed by atoms with E-state index in [0.717, 1.165) is 24.3 Å². The van der Waals surface area contributed by atoms with Crippen molar-refractivity contribution in [3.63, 3.8) is 0 Å². The maximum absolute atomic E-state index is 11.1. The zero-order valence-corrected chi connectivity index (χ0v) is 26.5. The number of para-hydroxylation sites is 1. The lowest BCUT2D eigenvalue weighted by atomic mass is 9.87. The van der Waals surface area contributed by atoms with Gasteiger partial charge in [-0.3, -0.25) is 14.6 Å². The van der Waals surface area contributed by atoms with Crippen LogP contribution in [0.4, 0.5) is 5.69 Å². The average molecular weight is 569 g/mol. The number of allylic oxidation sites excluding steroid dienone is 1. The topological polar surface area (TPSA) is 94.4 Å². The quantitative estimate of drug-likeness (QED) is 0.166. The molecule has 2 aromatic rings. The number of aryl methyl sites for hydroxylation is 1. The first-order valence-electron chi connectivity index (χ1n) is 14.8. The highest BCUT2D eigenvalue weighted by molar-refractivity contribution is 6.03. The Labute approximate surface area is 253 Å². The predicted octanol–water partition coefficient (Wildman–Crippen LogP) is 7.46. The summed E-state index contributed by atoms with van der Waals surface area (Å²) in [5.74, 6) is 6.23. The Morgan fingerprint density at radius 2 is 1.79 bits per heavy atom. The summed E-state index contributed by atoms with van der Waals surface area (Å²) in [6.45, 7) is 12.0. The van der Waals surface area contributed by atoms with E-state index in [2.05, 4.69) is 59.5 Å². The Kier molecular flexibility index (Phi) is 14.1. The molecule has 2 aromatic carbocycles. The summed E-state index contributed by atoms with van der Waals surface area (Å²) >= 11 is 0. The number of carbonyl (C=O) groups is 2. The number of nitrogens with zero attached hydrogens (tertiary/aromatic N) is 1. The van der Waals surface area contributed by atoms with Gasteiger partial charge in [0.2, 0.25) is 5.91 Å². The van der Waals surface area contributed by atoms with Gasteiger partial charge in [-0.15, -0.1) is 0 Å². The normalized spacial score (nSPS) is 14.8. The molecule has 2 saturated carbocycles. The largest absolute Gasteiger partial charge is 0.326 e. The lowest BCUT2D eigenvalue weighted by molar-refractivity contribution is -0.114. The van der Waals surface area contributed by atoms with Gasteiger partial charge in [-0.1, -0.05) is 55.2 Å². The number of hydrogen-bond acceptors (Lipinski definition) is 5. The third-order valence-corrected chi connectivity index (χ3v) is 7.34. The zero-order valence-electron chi connectivity index (χ0n) is 26.5. The zero-order chi connectivity index (χ0) is 31.1. The van der Waals surface area contributed by atoms with E-state index >= 15 is 0 Å². The van der Waals surface area contributed by atoms with Crippen LogP contribution in [0.2, 0.25) is 0 Å². The summed E-state index contributed by atoms with van der Waals surface area (Å²) in [5, 5.41) is 13.6. The van der Waals surface area contributed by atoms with E-state index in [-0.39, 0.29) is 11.7 Å². The highest BCUT2D eigenvalue weighted by Gasteiger charge is 2.40. The van der Waals surface area contributed by atoms with Gasteiger partial charge in [0.1, 0.15) is 0 Å². The van der Waals surface area contributed by atoms with Gasteiger partial charge >= 0.3 is 0 Å². The van der Waals surface area contributed by atoms with Crippen LogP contribution in [0.15, 0.2) is 59.7 Å². The SMILES string of the molecule is C/C=C\N=C(C)C#CCNC.CC(=O)Nc1ccccc1C(C)=O.Cc1cccc(C2(C)CC2)c1CCC(=N)C1CC1. The van der Waals surface area contributed by atoms with E-state index < -0.39 is 0 Å². The molecule has 0 radical (unpaired) electrons. The van der Waals surface area contributed by atoms with Crippen LogP contribution < -0.4 is 10.6 Å². The third kappa shape index (κ3) is 12.0. The molecular formula is C36H48N4O2. The van der Waals surface area contributed by atoms with Crippen molar-refractivity contribution in [2.45, 2.75) is 85.5 Å². The van der Waals surface area contributed by atoms with E-state index in [1.54, 1.807) is 36.0 Å². The molecule has 1 amide bonds. The van der Waals surface area contributed by atoms with Gasteiger partial charge in [0.15, 0.2) is 5.78 Å².